The van der Waals surface area contributed by atoms with E-state index in [1.54, 1.807) is 13.1 Å². The van der Waals surface area contributed by atoms with Crippen LogP contribution in [0.15, 0.2) is 47.6 Å². The van der Waals surface area contributed by atoms with Gasteiger partial charge in [-0.1, -0.05) is 36.4 Å². The van der Waals surface area contributed by atoms with Crippen molar-refractivity contribution in [3.8, 4) is 0 Å². The largest absolute Gasteiger partial charge is 0.465 e. The van der Waals surface area contributed by atoms with Crippen molar-refractivity contribution in [3.05, 3.63) is 70.3 Å². The van der Waals surface area contributed by atoms with Gasteiger partial charge in [-0.15, -0.1) is 0 Å². The first-order valence-electron chi connectivity index (χ1n) is 11.3. The summed E-state index contributed by atoms with van der Waals surface area (Å²) >= 11 is 0. The minimum absolute atomic E-state index is 0.0656. The van der Waals surface area contributed by atoms with Crippen molar-refractivity contribution in [1.82, 2.24) is 9.91 Å². The highest BCUT2D eigenvalue weighted by atomic mass is 16.5. The lowest BCUT2D eigenvalue weighted by atomic mass is 9.92. The molecule has 4 rings (SSSR count). The number of esters is 1. The fourth-order valence-corrected chi connectivity index (χ4v) is 4.09. The van der Waals surface area contributed by atoms with Gasteiger partial charge in [0.2, 0.25) is 0 Å². The number of rotatable bonds is 7. The Morgan fingerprint density at radius 2 is 1.85 bits per heavy atom. The van der Waals surface area contributed by atoms with Gasteiger partial charge < -0.3 is 15.2 Å². The second kappa shape index (κ2) is 10.7. The number of nitrogens with zero attached hydrogens (tertiary/aromatic N) is 3. The lowest BCUT2D eigenvalue weighted by molar-refractivity contribution is -0.145. The number of hydrazone groups is 1. The van der Waals surface area contributed by atoms with Gasteiger partial charge in [-0.25, -0.2) is 0 Å². The van der Waals surface area contributed by atoms with Gasteiger partial charge in [0.05, 0.1) is 51.8 Å². The molecule has 0 spiro atoms. The standard InChI is InChI=1S/C25H30N4O4/c1-2-33-23(30)17-28-10-9-19-7-8-21(15-22(19)25(28)26)24(31)20-5-3-18(4-6-20)16-27-29-11-13-32-14-12-29/h3-8,15-16,25H,2,9-14,17,26H2,1H3. The first-order valence-corrected chi connectivity index (χ1v) is 11.3. The summed E-state index contributed by atoms with van der Waals surface area (Å²) in [6.07, 6.45) is 2.12. The summed E-state index contributed by atoms with van der Waals surface area (Å²) in [5.74, 6) is -0.356. The van der Waals surface area contributed by atoms with Crippen LogP contribution in [0.3, 0.4) is 0 Å². The fourth-order valence-electron chi connectivity index (χ4n) is 4.09. The van der Waals surface area contributed by atoms with Crippen LogP contribution >= 0.6 is 0 Å². The number of carbonyl (C=O) groups is 2. The fraction of sp³-hybridized carbons (Fsp3) is 0.400. The normalized spacial score (nSPS) is 18.8. The number of nitrogens with two attached hydrogens (primary N) is 1. The van der Waals surface area contributed by atoms with E-state index in [0.717, 1.165) is 36.2 Å². The quantitative estimate of drug-likeness (QED) is 0.391. The maximum atomic E-state index is 13.1. The van der Waals surface area contributed by atoms with Crippen LogP contribution in [-0.4, -0.2) is 73.9 Å². The number of ketones is 1. The van der Waals surface area contributed by atoms with E-state index >= 15 is 0 Å². The molecule has 8 nitrogen and oxygen atoms in total. The maximum Gasteiger partial charge on any atom is 0.320 e. The van der Waals surface area contributed by atoms with Crippen molar-refractivity contribution >= 4 is 18.0 Å². The highest BCUT2D eigenvalue weighted by Gasteiger charge is 2.27. The molecule has 1 atom stereocenters. The van der Waals surface area contributed by atoms with E-state index in [1.165, 1.54) is 0 Å². The van der Waals surface area contributed by atoms with Crippen LogP contribution in [0.5, 0.6) is 0 Å². The summed E-state index contributed by atoms with van der Waals surface area (Å²) in [7, 11) is 0. The van der Waals surface area contributed by atoms with Crippen molar-refractivity contribution in [2.24, 2.45) is 10.8 Å². The van der Waals surface area contributed by atoms with Crippen molar-refractivity contribution in [2.45, 2.75) is 19.5 Å². The first kappa shape index (κ1) is 23.1. The number of benzene rings is 2. The van der Waals surface area contributed by atoms with Crippen LogP contribution in [0.4, 0.5) is 0 Å². The average molecular weight is 451 g/mol. The highest BCUT2D eigenvalue weighted by molar-refractivity contribution is 6.09. The van der Waals surface area contributed by atoms with E-state index in [0.29, 0.717) is 37.5 Å². The lowest BCUT2D eigenvalue weighted by Gasteiger charge is -2.34. The van der Waals surface area contributed by atoms with Crippen molar-refractivity contribution in [2.75, 3.05) is 46.0 Å². The van der Waals surface area contributed by atoms with Gasteiger partial charge in [-0.05, 0) is 36.1 Å². The van der Waals surface area contributed by atoms with E-state index in [4.69, 9.17) is 15.2 Å². The molecule has 2 aromatic rings. The zero-order valence-electron chi connectivity index (χ0n) is 18.9. The Labute approximate surface area is 193 Å². The minimum atomic E-state index is -0.454. The predicted octanol–water partition coefficient (Wildman–Crippen LogP) is 1.96. The molecule has 0 bridgehead atoms. The van der Waals surface area contributed by atoms with Crippen LogP contribution in [0.1, 0.15) is 45.7 Å². The minimum Gasteiger partial charge on any atom is -0.465 e. The number of hydrogen-bond acceptors (Lipinski definition) is 8. The van der Waals surface area contributed by atoms with Crippen LogP contribution in [0, 0.1) is 0 Å². The molecule has 1 saturated heterocycles. The molecule has 0 aromatic heterocycles. The summed E-state index contributed by atoms with van der Waals surface area (Å²) in [6, 6.07) is 13.1. The molecule has 0 amide bonds. The summed E-state index contributed by atoms with van der Waals surface area (Å²) in [5.41, 5.74) is 10.5. The zero-order valence-corrected chi connectivity index (χ0v) is 18.9. The Kier molecular flexibility index (Phi) is 7.49. The van der Waals surface area contributed by atoms with E-state index in [2.05, 4.69) is 5.10 Å². The number of morpholine rings is 1. The first-order chi connectivity index (χ1) is 16.0. The van der Waals surface area contributed by atoms with Crippen LogP contribution < -0.4 is 5.73 Å². The van der Waals surface area contributed by atoms with Gasteiger partial charge in [0.1, 0.15) is 0 Å². The van der Waals surface area contributed by atoms with Crippen LogP contribution in [0.25, 0.3) is 0 Å². The molecule has 8 heteroatoms. The summed E-state index contributed by atoms with van der Waals surface area (Å²) < 4.78 is 10.4. The molecule has 0 radical (unpaired) electrons. The molecule has 2 aromatic carbocycles. The molecule has 2 aliphatic heterocycles. The van der Waals surface area contributed by atoms with Gasteiger partial charge in [-0.3, -0.25) is 19.5 Å². The Morgan fingerprint density at radius 1 is 1.12 bits per heavy atom. The van der Waals surface area contributed by atoms with E-state index in [1.807, 2.05) is 52.4 Å². The lowest BCUT2D eigenvalue weighted by Crippen LogP contribution is -2.43. The third-order valence-corrected chi connectivity index (χ3v) is 5.96. The van der Waals surface area contributed by atoms with Crippen LogP contribution in [-0.2, 0) is 20.7 Å². The molecule has 2 heterocycles. The number of ether oxygens (including phenoxy) is 2. The molecule has 1 fully saturated rings. The van der Waals surface area contributed by atoms with Gasteiger partial charge in [0, 0.05) is 17.7 Å². The van der Waals surface area contributed by atoms with Crippen molar-refractivity contribution in [3.63, 3.8) is 0 Å². The molecule has 174 valence electrons. The molecular weight excluding hydrogens is 420 g/mol. The van der Waals surface area contributed by atoms with E-state index < -0.39 is 6.17 Å². The molecular formula is C25H30N4O4. The van der Waals surface area contributed by atoms with Gasteiger partial charge in [-0.2, -0.15) is 5.10 Å². The number of carbonyl (C=O) groups excluding carboxylic acids is 2. The Morgan fingerprint density at radius 3 is 2.58 bits per heavy atom. The van der Waals surface area contributed by atoms with E-state index in [9.17, 15) is 9.59 Å². The SMILES string of the molecule is CCOC(=O)CN1CCc2ccc(C(=O)c3ccc(C=NN4CCOCC4)cc3)cc2C1N. The Hall–Kier alpha value is -3.07. The third-order valence-electron chi connectivity index (χ3n) is 5.96. The summed E-state index contributed by atoms with van der Waals surface area (Å²) in [4.78, 5) is 26.9. The Balaban J connectivity index is 1.45. The van der Waals surface area contributed by atoms with Gasteiger partial charge >= 0.3 is 5.97 Å². The molecule has 33 heavy (non-hydrogen) atoms. The monoisotopic (exact) mass is 450 g/mol. The second-order valence-corrected chi connectivity index (χ2v) is 8.15. The summed E-state index contributed by atoms with van der Waals surface area (Å²) in [6.45, 7) is 5.88. The molecule has 2 N–H and O–H groups in total. The van der Waals surface area contributed by atoms with Gasteiger partial charge in [0.25, 0.3) is 0 Å². The molecule has 0 saturated carbocycles. The predicted molar refractivity (Wildman–Crippen MR) is 125 cm³/mol. The smallest absolute Gasteiger partial charge is 0.320 e. The molecule has 0 aliphatic carbocycles. The average Bonchev–Trinajstić information content (AvgIpc) is 2.85. The molecule has 2 aliphatic rings. The van der Waals surface area contributed by atoms with Crippen molar-refractivity contribution in [1.29, 1.82) is 0 Å². The number of hydrogen-bond donors (Lipinski definition) is 1. The van der Waals surface area contributed by atoms with Gasteiger partial charge in [0.15, 0.2) is 5.78 Å². The topological polar surface area (TPSA) is 97.5 Å². The third kappa shape index (κ3) is 5.65. The highest BCUT2D eigenvalue weighted by Crippen LogP contribution is 2.27. The Bertz CT molecular complexity index is 1020. The molecule has 1 unspecified atom stereocenters. The van der Waals surface area contributed by atoms with Crippen molar-refractivity contribution < 1.29 is 19.1 Å². The van der Waals surface area contributed by atoms with E-state index in [-0.39, 0.29) is 18.3 Å². The zero-order chi connectivity index (χ0) is 23.2. The second-order valence-electron chi connectivity index (χ2n) is 8.15. The number of fused-ring (bicyclic) bond motifs is 1. The maximum absolute atomic E-state index is 13.1. The van der Waals surface area contributed by atoms with Crippen LogP contribution in [0.2, 0.25) is 0 Å². The summed E-state index contributed by atoms with van der Waals surface area (Å²) in [5, 5.41) is 6.45.